The van der Waals surface area contributed by atoms with E-state index >= 15 is 0 Å². The molecule has 0 aromatic rings. The molecule has 0 aliphatic heterocycles. The molecule has 0 spiro atoms. The van der Waals surface area contributed by atoms with Gasteiger partial charge in [-0.15, -0.1) is 0 Å². The van der Waals surface area contributed by atoms with E-state index in [4.69, 9.17) is 5.73 Å². The number of carbonyl (C=O) groups excluding carboxylic acids is 1. The highest BCUT2D eigenvalue weighted by molar-refractivity contribution is 5.82. The third kappa shape index (κ3) is 2.75. The number of hydrogen-bond donors (Lipinski definition) is 2. The highest BCUT2D eigenvalue weighted by Gasteiger charge is 2.71. The highest BCUT2D eigenvalue weighted by atomic mass is 16.3. The smallest absolute Gasteiger partial charge is 0.223 e. The van der Waals surface area contributed by atoms with Crippen LogP contribution in [0.3, 0.4) is 0 Å². The summed E-state index contributed by atoms with van der Waals surface area (Å²) in [5.74, 6) is 2.63. The second-order valence-electron chi connectivity index (χ2n) is 14.6. The fourth-order valence-corrected chi connectivity index (χ4v) is 11.6. The summed E-state index contributed by atoms with van der Waals surface area (Å²) in [7, 11) is 0. The monoisotopic (exact) mass is 455 g/mol. The van der Waals surface area contributed by atoms with Gasteiger partial charge in [0.2, 0.25) is 5.91 Å². The Hall–Kier alpha value is -0.830. The van der Waals surface area contributed by atoms with Gasteiger partial charge in [0.25, 0.3) is 0 Å². The normalized spacial score (nSPS) is 55.0. The number of nitrogens with two attached hydrogens (primary N) is 1. The largest absolute Gasteiger partial charge is 0.393 e. The number of primary amides is 1. The van der Waals surface area contributed by atoms with Crippen molar-refractivity contribution in [1.82, 2.24) is 0 Å². The van der Waals surface area contributed by atoms with Gasteiger partial charge in [-0.3, -0.25) is 4.79 Å². The first-order valence-electron chi connectivity index (χ1n) is 13.9. The van der Waals surface area contributed by atoms with Crippen LogP contribution in [0.2, 0.25) is 0 Å². The molecule has 5 rings (SSSR count). The van der Waals surface area contributed by atoms with E-state index in [0.717, 1.165) is 38.5 Å². The van der Waals surface area contributed by atoms with Gasteiger partial charge in [0.05, 0.1) is 11.5 Å². The third-order valence-electron chi connectivity index (χ3n) is 13.5. The summed E-state index contributed by atoms with van der Waals surface area (Å²) in [6, 6.07) is 0. The third-order valence-corrected chi connectivity index (χ3v) is 13.5. The minimum atomic E-state index is -0.310. The predicted molar refractivity (Wildman–Crippen MR) is 134 cm³/mol. The maximum atomic E-state index is 13.0. The van der Waals surface area contributed by atoms with Crippen LogP contribution in [0.1, 0.15) is 106 Å². The van der Waals surface area contributed by atoms with Crippen LogP contribution in [0.25, 0.3) is 0 Å². The molecule has 0 bridgehead atoms. The van der Waals surface area contributed by atoms with Gasteiger partial charge < -0.3 is 10.8 Å². The molecular weight excluding hydrogens is 406 g/mol. The van der Waals surface area contributed by atoms with Crippen LogP contribution in [0.5, 0.6) is 0 Å². The summed E-state index contributed by atoms with van der Waals surface area (Å²) in [5, 5.41) is 10.9. The van der Waals surface area contributed by atoms with E-state index in [1.165, 1.54) is 31.3 Å². The average molecular weight is 456 g/mol. The van der Waals surface area contributed by atoms with Gasteiger partial charge in [-0.25, -0.2) is 0 Å². The van der Waals surface area contributed by atoms with Gasteiger partial charge in [0.15, 0.2) is 0 Å². The zero-order valence-corrected chi connectivity index (χ0v) is 22.2. The van der Waals surface area contributed by atoms with Crippen LogP contribution in [0.4, 0.5) is 0 Å². The van der Waals surface area contributed by atoms with E-state index in [0.29, 0.717) is 35.0 Å². The molecule has 3 nitrogen and oxygen atoms in total. The molecule has 5 aliphatic carbocycles. The van der Waals surface area contributed by atoms with Gasteiger partial charge in [-0.1, -0.05) is 46.8 Å². The van der Waals surface area contributed by atoms with Crippen molar-refractivity contribution in [2.45, 2.75) is 112 Å². The number of fused-ring (bicyclic) bond motifs is 7. The lowest BCUT2D eigenvalue weighted by Gasteiger charge is -2.72. The van der Waals surface area contributed by atoms with Crippen LogP contribution < -0.4 is 5.73 Å². The zero-order chi connectivity index (χ0) is 24.2. The SMILES string of the molecule is C=C(C)C1CCC2(C(N)=O)CCC3(C)C(CCC4[C@@]5(C)CCC(O)C(C)(C)C5CC[C@]43C)C12. The van der Waals surface area contributed by atoms with E-state index in [2.05, 4.69) is 48.1 Å². The lowest BCUT2D eigenvalue weighted by Crippen LogP contribution is -2.67. The number of hydrogen-bond acceptors (Lipinski definition) is 2. The number of carbonyl (C=O) groups is 1. The fourth-order valence-electron chi connectivity index (χ4n) is 11.6. The molecule has 5 fully saturated rings. The molecule has 8 unspecified atom stereocenters. The highest BCUT2D eigenvalue weighted by Crippen LogP contribution is 2.77. The molecule has 5 aliphatic rings. The first-order valence-corrected chi connectivity index (χ1v) is 13.9. The van der Waals surface area contributed by atoms with E-state index in [9.17, 15) is 9.90 Å². The van der Waals surface area contributed by atoms with E-state index in [1.54, 1.807) is 0 Å². The lowest BCUT2D eigenvalue weighted by molar-refractivity contribution is -0.246. The molecule has 186 valence electrons. The summed E-state index contributed by atoms with van der Waals surface area (Å²) >= 11 is 0. The van der Waals surface area contributed by atoms with Crippen LogP contribution in [0, 0.1) is 56.7 Å². The topological polar surface area (TPSA) is 63.3 Å². The van der Waals surface area contributed by atoms with Crippen molar-refractivity contribution in [2.24, 2.45) is 62.4 Å². The zero-order valence-electron chi connectivity index (χ0n) is 22.2. The molecule has 5 saturated carbocycles. The minimum absolute atomic E-state index is 0.00370. The molecule has 3 N–H and O–H groups in total. The van der Waals surface area contributed by atoms with Crippen LogP contribution in [-0.4, -0.2) is 17.1 Å². The number of allylic oxidation sites excluding steroid dienone is 1. The number of aliphatic hydroxyl groups is 1. The molecule has 0 saturated heterocycles. The van der Waals surface area contributed by atoms with Crippen molar-refractivity contribution < 1.29 is 9.90 Å². The van der Waals surface area contributed by atoms with Gasteiger partial charge in [0.1, 0.15) is 0 Å². The first kappa shape index (κ1) is 23.9. The Morgan fingerprint density at radius 1 is 0.848 bits per heavy atom. The molecule has 0 aromatic carbocycles. The summed E-state index contributed by atoms with van der Waals surface area (Å²) in [5.41, 5.74) is 7.96. The first-order chi connectivity index (χ1) is 15.3. The fraction of sp³-hybridized carbons (Fsp3) is 0.900. The average Bonchev–Trinajstić information content (AvgIpc) is 3.13. The second-order valence-corrected chi connectivity index (χ2v) is 14.6. The minimum Gasteiger partial charge on any atom is -0.393 e. The Bertz CT molecular complexity index is 863. The molecule has 0 radical (unpaired) electrons. The predicted octanol–water partition coefficient (Wildman–Crippen LogP) is 6.49. The Balaban J connectivity index is 1.57. The van der Waals surface area contributed by atoms with Crippen molar-refractivity contribution in [3.63, 3.8) is 0 Å². The molecule has 33 heavy (non-hydrogen) atoms. The molecule has 10 atom stereocenters. The van der Waals surface area contributed by atoms with E-state index in [1.807, 2.05) is 0 Å². The van der Waals surface area contributed by atoms with Crippen LogP contribution in [0.15, 0.2) is 12.2 Å². The maximum Gasteiger partial charge on any atom is 0.223 e. The lowest BCUT2D eigenvalue weighted by atomic mass is 9.32. The van der Waals surface area contributed by atoms with Crippen LogP contribution in [-0.2, 0) is 4.79 Å². The molecule has 0 heterocycles. The summed E-state index contributed by atoms with van der Waals surface area (Å²) in [4.78, 5) is 13.0. The molecular formula is C30H49NO2. The van der Waals surface area contributed by atoms with Crippen LogP contribution >= 0.6 is 0 Å². The molecule has 1 amide bonds. The van der Waals surface area contributed by atoms with E-state index in [-0.39, 0.29) is 33.7 Å². The Kier molecular flexibility index (Phi) is 5.15. The second kappa shape index (κ2) is 7.11. The number of amides is 1. The number of aliphatic hydroxyl groups excluding tert-OH is 1. The van der Waals surface area contributed by atoms with Gasteiger partial charge in [0, 0.05) is 0 Å². The van der Waals surface area contributed by atoms with Crippen molar-refractivity contribution in [2.75, 3.05) is 0 Å². The summed E-state index contributed by atoms with van der Waals surface area (Å²) < 4.78 is 0. The maximum absolute atomic E-state index is 13.0. The Labute approximate surface area is 202 Å². The molecule has 0 aromatic heterocycles. The summed E-state index contributed by atoms with van der Waals surface area (Å²) in [6.07, 6.45) is 11.1. The van der Waals surface area contributed by atoms with Gasteiger partial charge in [-0.2, -0.15) is 0 Å². The number of rotatable bonds is 2. The van der Waals surface area contributed by atoms with E-state index < -0.39 is 0 Å². The van der Waals surface area contributed by atoms with Crippen molar-refractivity contribution in [3.05, 3.63) is 12.2 Å². The Morgan fingerprint density at radius 2 is 1.55 bits per heavy atom. The van der Waals surface area contributed by atoms with Gasteiger partial charge in [-0.05, 0) is 122 Å². The van der Waals surface area contributed by atoms with Crippen molar-refractivity contribution in [3.8, 4) is 0 Å². The van der Waals surface area contributed by atoms with Crippen molar-refractivity contribution >= 4 is 5.91 Å². The standard InChI is InChI=1S/C30H49NO2/c1-18(2)19-10-15-30(25(31)33)17-16-28(6)20(24(19)30)8-9-22-27(5)13-12-23(32)26(3,4)21(27)11-14-29(22,28)7/h19-24,32H,1,8-17H2,2-7H3,(H2,31,33)/t19?,20?,21?,22?,23?,24?,27-,28?,29+,30?/m0/s1. The van der Waals surface area contributed by atoms with Gasteiger partial charge >= 0.3 is 0 Å². The summed E-state index contributed by atoms with van der Waals surface area (Å²) in [6.45, 7) is 19.0. The van der Waals surface area contributed by atoms with Crippen molar-refractivity contribution in [1.29, 1.82) is 0 Å². The quantitative estimate of drug-likeness (QED) is 0.467. The molecule has 3 heteroatoms. The Morgan fingerprint density at radius 3 is 2.18 bits per heavy atom.